The zero-order chi connectivity index (χ0) is 19.2. The molecule has 0 radical (unpaired) electrons. The van der Waals surface area contributed by atoms with Crippen molar-refractivity contribution in [1.29, 1.82) is 5.26 Å². The van der Waals surface area contributed by atoms with Gasteiger partial charge in [-0.05, 0) is 18.1 Å². The second-order valence-corrected chi connectivity index (χ2v) is 5.61. The van der Waals surface area contributed by atoms with E-state index in [2.05, 4.69) is 0 Å². The minimum Gasteiger partial charge on any atom is -0.455 e. The van der Waals surface area contributed by atoms with Crippen LogP contribution >= 0.6 is 0 Å². The molecule has 0 saturated heterocycles. The number of nitrogens with zero attached hydrogens (tertiary/aromatic N) is 1. The van der Waals surface area contributed by atoms with Crippen molar-refractivity contribution in [3.63, 3.8) is 0 Å². The van der Waals surface area contributed by atoms with Gasteiger partial charge in [-0.15, -0.1) is 0 Å². The third-order valence-corrected chi connectivity index (χ3v) is 3.80. The van der Waals surface area contributed by atoms with E-state index in [4.69, 9.17) is 15.7 Å². The molecule has 3 N–H and O–H groups in total. The molecule has 2 aromatic rings. The molecular weight excluding hydrogens is 332 g/mol. The van der Waals surface area contributed by atoms with Gasteiger partial charge in [-0.3, -0.25) is 4.79 Å². The summed E-state index contributed by atoms with van der Waals surface area (Å²) in [5.74, 6) is -1.75. The van der Waals surface area contributed by atoms with E-state index in [9.17, 15) is 14.7 Å². The highest BCUT2D eigenvalue weighted by Crippen LogP contribution is 2.31. The molecule has 0 aliphatic carbocycles. The minimum absolute atomic E-state index is 0.0370. The minimum atomic E-state index is -2.09. The number of ketones is 1. The van der Waals surface area contributed by atoms with Gasteiger partial charge >= 0.3 is 5.97 Å². The van der Waals surface area contributed by atoms with Crippen molar-refractivity contribution in [1.82, 2.24) is 0 Å². The number of ether oxygens (including phenoxy) is 1. The molecule has 6 nitrogen and oxygen atoms in total. The van der Waals surface area contributed by atoms with Gasteiger partial charge in [0.25, 0.3) is 0 Å². The Morgan fingerprint density at radius 3 is 1.92 bits per heavy atom. The fourth-order valence-electron chi connectivity index (χ4n) is 2.44. The molecule has 0 heterocycles. The number of hydrogen-bond donors (Lipinski definition) is 2. The lowest BCUT2D eigenvalue weighted by atomic mass is 9.86. The van der Waals surface area contributed by atoms with Crippen molar-refractivity contribution in [2.24, 2.45) is 5.73 Å². The first-order chi connectivity index (χ1) is 12.4. The summed E-state index contributed by atoms with van der Waals surface area (Å²) in [5, 5.41) is 20.1. The first kappa shape index (κ1) is 18.9. The van der Waals surface area contributed by atoms with E-state index in [0.29, 0.717) is 11.1 Å². The highest BCUT2D eigenvalue weighted by molar-refractivity contribution is 6.01. The van der Waals surface area contributed by atoms with Crippen molar-refractivity contribution in [2.75, 3.05) is 6.61 Å². The van der Waals surface area contributed by atoms with E-state index in [1.54, 1.807) is 66.7 Å². The molecule has 0 aliphatic heterocycles. The molecular formula is C20H18N2O4. The first-order valence-corrected chi connectivity index (χ1v) is 7.81. The molecule has 0 unspecified atom stereocenters. The third-order valence-electron chi connectivity index (χ3n) is 3.80. The summed E-state index contributed by atoms with van der Waals surface area (Å²) >= 11 is 0. The SMILES string of the molecule is C/C(N)=C(\C#N)C(=O)COC(=O)C(O)(c1ccccc1)c1ccccc1. The van der Waals surface area contributed by atoms with Crippen molar-refractivity contribution in [3.05, 3.63) is 83.1 Å². The Balaban J connectivity index is 2.33. The number of hydrogen-bond acceptors (Lipinski definition) is 6. The number of carbonyl (C=O) groups is 2. The standard InChI is InChI=1S/C20H18N2O4/c1-14(22)17(12-21)18(23)13-26-19(24)20(25,15-8-4-2-5-9-15)16-10-6-3-7-11-16/h2-11,25H,13,22H2,1H3/b17-14-. The fraction of sp³-hybridized carbons (Fsp3) is 0.150. The molecule has 0 atom stereocenters. The van der Waals surface area contributed by atoms with Crippen LogP contribution in [0.5, 0.6) is 0 Å². The number of Topliss-reactive ketones (excluding diaryl/α,β-unsaturated/α-hetero) is 1. The Morgan fingerprint density at radius 1 is 1.08 bits per heavy atom. The lowest BCUT2D eigenvalue weighted by Gasteiger charge is -2.26. The number of allylic oxidation sites excluding steroid dienone is 1. The largest absolute Gasteiger partial charge is 0.455 e. The average Bonchev–Trinajstić information content (AvgIpc) is 2.67. The molecule has 2 rings (SSSR count). The summed E-state index contributed by atoms with van der Waals surface area (Å²) in [6.07, 6.45) is 0. The van der Waals surface area contributed by atoms with Gasteiger partial charge in [0, 0.05) is 5.70 Å². The van der Waals surface area contributed by atoms with Gasteiger partial charge in [0.1, 0.15) is 11.6 Å². The van der Waals surface area contributed by atoms with Gasteiger partial charge < -0.3 is 15.6 Å². The normalized spacial score (nSPS) is 11.9. The van der Waals surface area contributed by atoms with E-state index in [0.717, 1.165) is 0 Å². The molecule has 2 aromatic carbocycles. The van der Waals surface area contributed by atoms with Crippen LogP contribution in [0, 0.1) is 11.3 Å². The number of aliphatic hydroxyl groups is 1. The Morgan fingerprint density at radius 2 is 1.54 bits per heavy atom. The zero-order valence-electron chi connectivity index (χ0n) is 14.2. The van der Waals surface area contributed by atoms with Crippen molar-refractivity contribution < 1.29 is 19.4 Å². The Labute approximate surface area is 151 Å². The van der Waals surface area contributed by atoms with Crippen LogP contribution in [0.1, 0.15) is 18.1 Å². The Bertz CT molecular complexity index is 824. The smallest absolute Gasteiger partial charge is 0.348 e. The van der Waals surface area contributed by atoms with Crippen LogP contribution in [0.2, 0.25) is 0 Å². The predicted molar refractivity (Wildman–Crippen MR) is 94.3 cm³/mol. The molecule has 0 saturated carbocycles. The summed E-state index contributed by atoms with van der Waals surface area (Å²) in [5.41, 5.74) is 3.74. The van der Waals surface area contributed by atoms with Gasteiger partial charge in [0.2, 0.25) is 11.4 Å². The maximum atomic E-state index is 12.7. The number of esters is 1. The molecule has 6 heteroatoms. The molecule has 0 aromatic heterocycles. The molecule has 0 amide bonds. The maximum absolute atomic E-state index is 12.7. The van der Waals surface area contributed by atoms with Crippen molar-refractivity contribution in [2.45, 2.75) is 12.5 Å². The quantitative estimate of drug-likeness (QED) is 0.466. The summed E-state index contributed by atoms with van der Waals surface area (Å²) < 4.78 is 5.03. The van der Waals surface area contributed by atoms with E-state index in [1.165, 1.54) is 6.92 Å². The van der Waals surface area contributed by atoms with Crippen molar-refractivity contribution in [3.8, 4) is 6.07 Å². The number of nitrogens with two attached hydrogens (primary N) is 1. The Kier molecular flexibility index (Phi) is 5.89. The highest BCUT2D eigenvalue weighted by atomic mass is 16.6. The fourth-order valence-corrected chi connectivity index (χ4v) is 2.44. The van der Waals surface area contributed by atoms with Gasteiger partial charge in [-0.1, -0.05) is 60.7 Å². The number of nitriles is 1. The van der Waals surface area contributed by atoms with E-state index in [-0.39, 0.29) is 11.3 Å². The number of benzene rings is 2. The molecule has 26 heavy (non-hydrogen) atoms. The van der Waals surface area contributed by atoms with E-state index < -0.39 is 24.0 Å². The molecule has 0 fully saturated rings. The van der Waals surface area contributed by atoms with Crippen LogP contribution in [0.4, 0.5) is 0 Å². The van der Waals surface area contributed by atoms with Crippen LogP contribution in [-0.4, -0.2) is 23.5 Å². The maximum Gasteiger partial charge on any atom is 0.348 e. The lowest BCUT2D eigenvalue weighted by Crippen LogP contribution is -2.39. The van der Waals surface area contributed by atoms with E-state index in [1.807, 2.05) is 0 Å². The van der Waals surface area contributed by atoms with Crippen molar-refractivity contribution >= 4 is 11.8 Å². The summed E-state index contributed by atoms with van der Waals surface area (Å²) in [4.78, 5) is 24.7. The second kappa shape index (κ2) is 8.10. The molecule has 0 bridgehead atoms. The van der Waals surface area contributed by atoms with Crippen LogP contribution in [-0.2, 0) is 19.9 Å². The number of rotatable bonds is 6. The topological polar surface area (TPSA) is 113 Å². The van der Waals surface area contributed by atoms with Gasteiger partial charge in [-0.25, -0.2) is 4.79 Å². The summed E-state index contributed by atoms with van der Waals surface area (Å²) in [6.45, 7) is 0.709. The number of carbonyl (C=O) groups excluding carboxylic acids is 2. The second-order valence-electron chi connectivity index (χ2n) is 5.61. The lowest BCUT2D eigenvalue weighted by molar-refractivity contribution is -0.163. The van der Waals surface area contributed by atoms with Crippen LogP contribution in [0.3, 0.4) is 0 Å². The van der Waals surface area contributed by atoms with Gasteiger partial charge in [0.15, 0.2) is 6.61 Å². The predicted octanol–water partition coefficient (Wildman–Crippen LogP) is 1.79. The molecule has 0 aliphatic rings. The monoisotopic (exact) mass is 350 g/mol. The van der Waals surface area contributed by atoms with E-state index >= 15 is 0 Å². The highest BCUT2D eigenvalue weighted by Gasteiger charge is 2.41. The van der Waals surface area contributed by atoms with Gasteiger partial charge in [-0.2, -0.15) is 5.26 Å². The Hall–Kier alpha value is -3.43. The molecule has 0 spiro atoms. The van der Waals surface area contributed by atoms with Crippen LogP contribution in [0.15, 0.2) is 71.9 Å². The van der Waals surface area contributed by atoms with Crippen LogP contribution < -0.4 is 5.73 Å². The van der Waals surface area contributed by atoms with Gasteiger partial charge in [0.05, 0.1) is 0 Å². The third kappa shape index (κ3) is 3.79. The summed E-state index contributed by atoms with van der Waals surface area (Å²) in [6, 6.07) is 18.2. The average molecular weight is 350 g/mol. The molecule has 132 valence electrons. The first-order valence-electron chi connectivity index (χ1n) is 7.81. The summed E-state index contributed by atoms with van der Waals surface area (Å²) in [7, 11) is 0. The zero-order valence-corrected chi connectivity index (χ0v) is 14.2. The van der Waals surface area contributed by atoms with Crippen LogP contribution in [0.25, 0.3) is 0 Å².